The van der Waals surface area contributed by atoms with Crippen LogP contribution in [-0.2, 0) is 6.42 Å². The average Bonchev–Trinajstić information content (AvgIpc) is 3.01. The number of fused-ring (bicyclic) bond motifs is 1. The second-order valence-electron chi connectivity index (χ2n) is 9.44. The molecule has 1 fully saturated rings. The molecule has 8 heteroatoms. The van der Waals surface area contributed by atoms with Gasteiger partial charge in [0.1, 0.15) is 5.82 Å². The predicted octanol–water partition coefficient (Wildman–Crippen LogP) is 3.03. The molecule has 1 aromatic rings. The fourth-order valence-corrected chi connectivity index (χ4v) is 5.23. The molecule has 3 amide bonds. The van der Waals surface area contributed by atoms with Gasteiger partial charge in [-0.2, -0.15) is 0 Å². The first-order valence-corrected chi connectivity index (χ1v) is 13.2. The highest BCUT2D eigenvalue weighted by Gasteiger charge is 2.32. The first-order valence-electron chi connectivity index (χ1n) is 13.2. The number of anilines is 1. The molecular formula is C27H40N6O2. The summed E-state index contributed by atoms with van der Waals surface area (Å²) in [5.41, 5.74) is 2.79. The van der Waals surface area contributed by atoms with Crippen molar-refractivity contribution in [2.24, 2.45) is 0 Å². The zero-order valence-electron chi connectivity index (χ0n) is 21.4. The largest absolute Gasteiger partial charge is 0.366 e. The Bertz CT molecular complexity index is 984. The van der Waals surface area contributed by atoms with E-state index in [0.717, 1.165) is 44.7 Å². The normalized spacial score (nSPS) is 20.2. The number of carbonyl (C=O) groups excluding carboxylic acids is 2. The lowest BCUT2D eigenvalue weighted by molar-refractivity contribution is 0.0968. The van der Waals surface area contributed by atoms with E-state index in [2.05, 4.69) is 46.5 Å². The lowest BCUT2D eigenvalue weighted by Crippen LogP contribution is -2.51. The Hall–Kier alpha value is -2.84. The zero-order chi connectivity index (χ0) is 24.8. The van der Waals surface area contributed by atoms with Gasteiger partial charge in [0.15, 0.2) is 0 Å². The molecule has 3 N–H and O–H groups in total. The number of amides is 3. The number of likely N-dealkylation sites (N-methyl/N-ethyl adjacent to an activating group) is 1. The molecule has 3 aliphatic heterocycles. The van der Waals surface area contributed by atoms with Gasteiger partial charge < -0.3 is 20.9 Å². The van der Waals surface area contributed by atoms with Crippen molar-refractivity contribution < 1.29 is 9.59 Å². The van der Waals surface area contributed by atoms with Gasteiger partial charge in [-0.05, 0) is 62.7 Å². The van der Waals surface area contributed by atoms with E-state index >= 15 is 0 Å². The number of nitrogens with zero attached hydrogens (tertiary/aromatic N) is 3. The number of piperidine rings is 1. The Kier molecular flexibility index (Phi) is 8.46. The van der Waals surface area contributed by atoms with Gasteiger partial charge in [0.05, 0.1) is 16.9 Å². The molecule has 3 aliphatic rings. The molecule has 0 aromatic heterocycles. The molecule has 0 spiro atoms. The monoisotopic (exact) mass is 480 g/mol. The maximum Gasteiger partial charge on any atom is 0.327 e. The third-order valence-electron chi connectivity index (χ3n) is 7.34. The highest BCUT2D eigenvalue weighted by Crippen LogP contribution is 2.30. The van der Waals surface area contributed by atoms with Crippen LogP contribution in [0.25, 0.3) is 0 Å². The van der Waals surface area contributed by atoms with E-state index in [1.807, 2.05) is 30.4 Å². The Morgan fingerprint density at radius 1 is 1.20 bits per heavy atom. The molecule has 1 unspecified atom stereocenters. The van der Waals surface area contributed by atoms with Crippen molar-refractivity contribution in [1.29, 1.82) is 0 Å². The molecule has 35 heavy (non-hydrogen) atoms. The molecule has 3 heterocycles. The second-order valence-corrected chi connectivity index (χ2v) is 9.44. The highest BCUT2D eigenvalue weighted by atomic mass is 16.2. The average molecular weight is 481 g/mol. The summed E-state index contributed by atoms with van der Waals surface area (Å²) in [5.74, 6) is 0.415. The third-order valence-corrected chi connectivity index (χ3v) is 7.34. The van der Waals surface area contributed by atoms with Gasteiger partial charge in [-0.15, -0.1) is 0 Å². The molecule has 0 aliphatic carbocycles. The van der Waals surface area contributed by atoms with E-state index in [-0.39, 0.29) is 11.9 Å². The van der Waals surface area contributed by atoms with Crippen molar-refractivity contribution in [3.63, 3.8) is 0 Å². The molecule has 0 saturated carbocycles. The van der Waals surface area contributed by atoms with Crippen molar-refractivity contribution in [3.05, 3.63) is 53.0 Å². The number of carbonyl (C=O) groups is 2. The first kappa shape index (κ1) is 25.3. The molecule has 1 aromatic carbocycles. The maximum absolute atomic E-state index is 13.6. The van der Waals surface area contributed by atoms with Gasteiger partial charge in [0.25, 0.3) is 5.91 Å². The third kappa shape index (κ3) is 5.70. The van der Waals surface area contributed by atoms with Gasteiger partial charge >= 0.3 is 6.03 Å². The number of urea groups is 1. The quantitative estimate of drug-likeness (QED) is 0.533. The summed E-state index contributed by atoms with van der Waals surface area (Å²) in [6.45, 7) is 12.8. The molecule has 1 saturated heterocycles. The van der Waals surface area contributed by atoms with Crippen LogP contribution in [0, 0.1) is 0 Å². The Labute approximate surface area is 209 Å². The predicted molar refractivity (Wildman–Crippen MR) is 140 cm³/mol. The zero-order valence-corrected chi connectivity index (χ0v) is 21.4. The molecule has 190 valence electrons. The number of hydrogen-bond acceptors (Lipinski definition) is 5. The number of rotatable bonds is 8. The minimum Gasteiger partial charge on any atom is -0.366 e. The Balaban J connectivity index is 1.49. The summed E-state index contributed by atoms with van der Waals surface area (Å²) < 4.78 is 0. The molecular weight excluding hydrogens is 440 g/mol. The van der Waals surface area contributed by atoms with Crippen molar-refractivity contribution in [1.82, 2.24) is 25.8 Å². The Morgan fingerprint density at radius 2 is 2.03 bits per heavy atom. The summed E-state index contributed by atoms with van der Waals surface area (Å²) in [6.07, 6.45) is 8.32. The van der Waals surface area contributed by atoms with Gasteiger partial charge in [-0.1, -0.05) is 39.3 Å². The second kappa shape index (κ2) is 11.7. The smallest absolute Gasteiger partial charge is 0.327 e. The van der Waals surface area contributed by atoms with Crippen molar-refractivity contribution in [2.45, 2.75) is 52.5 Å². The lowest BCUT2D eigenvalue weighted by atomic mass is 10.0. The minimum atomic E-state index is -0.223. The van der Waals surface area contributed by atoms with Gasteiger partial charge in [0, 0.05) is 32.2 Å². The summed E-state index contributed by atoms with van der Waals surface area (Å²) in [6, 6.07) is 6.07. The van der Waals surface area contributed by atoms with Crippen LogP contribution >= 0.6 is 0 Å². The van der Waals surface area contributed by atoms with E-state index in [4.69, 9.17) is 0 Å². The van der Waals surface area contributed by atoms with Gasteiger partial charge in [-0.25, -0.2) is 9.69 Å². The number of aryl methyl sites for hydroxylation is 1. The summed E-state index contributed by atoms with van der Waals surface area (Å²) in [4.78, 5) is 33.2. The first-order chi connectivity index (χ1) is 17.0. The fraction of sp³-hybridized carbons (Fsp3) is 0.556. The van der Waals surface area contributed by atoms with Crippen LogP contribution < -0.4 is 20.9 Å². The van der Waals surface area contributed by atoms with E-state index in [0.29, 0.717) is 41.9 Å². The number of benzene rings is 1. The molecule has 0 radical (unpaired) electrons. The lowest BCUT2D eigenvalue weighted by Gasteiger charge is -2.38. The van der Waals surface area contributed by atoms with Gasteiger partial charge in [0.2, 0.25) is 0 Å². The summed E-state index contributed by atoms with van der Waals surface area (Å²) in [5, 5.41) is 9.40. The molecule has 0 bridgehead atoms. The fourth-order valence-electron chi connectivity index (χ4n) is 5.23. The van der Waals surface area contributed by atoms with Crippen LogP contribution in [0.2, 0.25) is 0 Å². The highest BCUT2D eigenvalue weighted by molar-refractivity contribution is 6.08. The Morgan fingerprint density at radius 3 is 2.80 bits per heavy atom. The van der Waals surface area contributed by atoms with Crippen molar-refractivity contribution >= 4 is 17.6 Å². The van der Waals surface area contributed by atoms with Gasteiger partial charge in [-0.3, -0.25) is 9.69 Å². The van der Waals surface area contributed by atoms with E-state index in [9.17, 15) is 9.59 Å². The summed E-state index contributed by atoms with van der Waals surface area (Å²) >= 11 is 0. The van der Waals surface area contributed by atoms with Crippen LogP contribution in [-0.4, -0.2) is 73.6 Å². The number of hydrogen-bond donors (Lipinski definition) is 3. The topological polar surface area (TPSA) is 79.9 Å². The molecule has 1 atom stereocenters. The SMILES string of the molecule is CCc1ccc2c(c1)C(=O)NC1=C(NCC=C1)N2C(=O)NCCN1CCCCC1CN(CC)CC. The van der Waals surface area contributed by atoms with Crippen LogP contribution in [0.5, 0.6) is 0 Å². The summed E-state index contributed by atoms with van der Waals surface area (Å²) in [7, 11) is 0. The standard InChI is InChI=1S/C27H40N6O2/c1-4-20-12-13-24-22(18-20)26(34)30-23-11-9-14-28-25(23)33(24)27(35)29-15-17-32-16-8-7-10-21(32)19-31(5-2)6-3/h9,11-13,18,21,28H,4-8,10,14-17,19H2,1-3H3,(H,29,35)(H,30,34). The van der Waals surface area contributed by atoms with Crippen molar-refractivity contribution in [3.8, 4) is 0 Å². The minimum absolute atomic E-state index is 0.195. The van der Waals surface area contributed by atoms with E-state index in [1.54, 1.807) is 4.90 Å². The van der Waals surface area contributed by atoms with E-state index in [1.165, 1.54) is 19.3 Å². The number of nitrogens with one attached hydrogen (secondary N) is 3. The molecule has 8 nitrogen and oxygen atoms in total. The number of likely N-dealkylation sites (tertiary alicyclic amines) is 1. The van der Waals surface area contributed by atoms with Crippen LogP contribution in [0.4, 0.5) is 10.5 Å². The molecule has 4 rings (SSSR count). The number of dihydropyridines is 1. The van der Waals surface area contributed by atoms with E-state index < -0.39 is 0 Å². The van der Waals surface area contributed by atoms with Crippen LogP contribution in [0.1, 0.15) is 56.0 Å². The van der Waals surface area contributed by atoms with Crippen LogP contribution in [0.3, 0.4) is 0 Å². The van der Waals surface area contributed by atoms with Crippen LogP contribution in [0.15, 0.2) is 41.9 Å². The van der Waals surface area contributed by atoms with Crippen molar-refractivity contribution in [2.75, 3.05) is 50.7 Å². The number of allylic oxidation sites excluding steroid dienone is 1. The maximum atomic E-state index is 13.6.